The summed E-state index contributed by atoms with van der Waals surface area (Å²) >= 11 is 0. The molecule has 2 heterocycles. The molecule has 1 aromatic heterocycles. The second-order valence-corrected chi connectivity index (χ2v) is 6.18. The second kappa shape index (κ2) is 6.13. The highest BCUT2D eigenvalue weighted by Crippen LogP contribution is 2.24. The fourth-order valence-electron chi connectivity index (χ4n) is 3.14. The number of rotatable bonds is 3. The van der Waals surface area contributed by atoms with Crippen LogP contribution in [0.1, 0.15) is 31.9 Å². The summed E-state index contributed by atoms with van der Waals surface area (Å²) in [5.41, 5.74) is 3.08. The smallest absolute Gasteiger partial charge is 0.227 e. The number of benzene rings is 1. The van der Waals surface area contributed by atoms with Gasteiger partial charge >= 0.3 is 0 Å². The zero-order valence-electron chi connectivity index (χ0n) is 13.5. The third-order valence-corrected chi connectivity index (χ3v) is 4.24. The van der Waals surface area contributed by atoms with Gasteiger partial charge in [0.1, 0.15) is 5.58 Å². The van der Waals surface area contributed by atoms with Crippen molar-refractivity contribution in [1.82, 2.24) is 4.90 Å². The van der Waals surface area contributed by atoms with Crippen LogP contribution in [0.15, 0.2) is 28.9 Å². The van der Waals surface area contributed by atoms with E-state index in [1.54, 1.807) is 6.26 Å². The lowest BCUT2D eigenvalue weighted by molar-refractivity contribution is -0.142. The molecule has 0 aliphatic carbocycles. The monoisotopic (exact) mass is 301 g/mol. The first-order chi connectivity index (χ1) is 10.6. The first-order valence-electron chi connectivity index (χ1n) is 7.99. The number of fused-ring (bicyclic) bond motifs is 1. The SMILES string of the molecule is CCc1ccc2c(CC(=O)N3CC(C)OC(C)C3)coc2c1. The average molecular weight is 301 g/mol. The molecule has 1 fully saturated rings. The fraction of sp³-hybridized carbons (Fsp3) is 0.500. The van der Waals surface area contributed by atoms with Gasteiger partial charge < -0.3 is 14.1 Å². The standard InChI is InChI=1S/C18H23NO3/c1-4-14-5-6-16-15(11-21-17(16)7-14)8-18(20)19-9-12(2)22-13(3)10-19/h5-7,11-13H,4,8-10H2,1-3H3. The van der Waals surface area contributed by atoms with Gasteiger partial charge in [-0.25, -0.2) is 0 Å². The highest BCUT2D eigenvalue weighted by molar-refractivity contribution is 5.88. The molecule has 1 saturated heterocycles. The van der Waals surface area contributed by atoms with Crippen molar-refractivity contribution < 1.29 is 13.9 Å². The van der Waals surface area contributed by atoms with Crippen LogP contribution >= 0.6 is 0 Å². The predicted octanol–water partition coefficient (Wildman–Crippen LogP) is 3.17. The molecule has 0 spiro atoms. The Kier molecular flexibility index (Phi) is 4.21. The van der Waals surface area contributed by atoms with Crippen LogP contribution in [0.3, 0.4) is 0 Å². The summed E-state index contributed by atoms with van der Waals surface area (Å²) in [6.45, 7) is 7.47. The van der Waals surface area contributed by atoms with Crippen molar-refractivity contribution in [3.8, 4) is 0 Å². The first-order valence-corrected chi connectivity index (χ1v) is 7.99. The minimum atomic E-state index is 0.0981. The van der Waals surface area contributed by atoms with Crippen LogP contribution in [0.5, 0.6) is 0 Å². The molecular weight excluding hydrogens is 278 g/mol. The largest absolute Gasteiger partial charge is 0.464 e. The van der Waals surface area contributed by atoms with Gasteiger partial charge in [0.25, 0.3) is 0 Å². The van der Waals surface area contributed by atoms with E-state index in [0.29, 0.717) is 19.5 Å². The summed E-state index contributed by atoms with van der Waals surface area (Å²) < 4.78 is 11.3. The van der Waals surface area contributed by atoms with Gasteiger partial charge in [0.05, 0.1) is 24.9 Å². The Labute approximate surface area is 131 Å². The molecule has 118 valence electrons. The van der Waals surface area contributed by atoms with Gasteiger partial charge in [-0.15, -0.1) is 0 Å². The third-order valence-electron chi connectivity index (χ3n) is 4.24. The van der Waals surface area contributed by atoms with Crippen molar-refractivity contribution in [2.75, 3.05) is 13.1 Å². The molecule has 3 rings (SSSR count). The highest BCUT2D eigenvalue weighted by atomic mass is 16.5. The summed E-state index contributed by atoms with van der Waals surface area (Å²) in [5.74, 6) is 0.143. The summed E-state index contributed by atoms with van der Waals surface area (Å²) in [4.78, 5) is 14.5. The quantitative estimate of drug-likeness (QED) is 0.874. The molecular formula is C18H23NO3. The molecule has 2 atom stereocenters. The number of carbonyl (C=O) groups is 1. The van der Waals surface area contributed by atoms with E-state index in [-0.39, 0.29) is 18.1 Å². The van der Waals surface area contributed by atoms with E-state index in [9.17, 15) is 4.79 Å². The number of morpholine rings is 1. The Morgan fingerprint density at radius 3 is 2.68 bits per heavy atom. The van der Waals surface area contributed by atoms with Crippen LogP contribution in [-0.4, -0.2) is 36.1 Å². The van der Waals surface area contributed by atoms with Gasteiger partial charge in [0.15, 0.2) is 0 Å². The Morgan fingerprint density at radius 1 is 1.27 bits per heavy atom. The van der Waals surface area contributed by atoms with Crippen LogP contribution in [-0.2, 0) is 22.4 Å². The number of ether oxygens (including phenoxy) is 1. The van der Waals surface area contributed by atoms with E-state index in [2.05, 4.69) is 25.1 Å². The van der Waals surface area contributed by atoms with Gasteiger partial charge in [0.2, 0.25) is 5.91 Å². The molecule has 4 nitrogen and oxygen atoms in total. The maximum Gasteiger partial charge on any atom is 0.227 e. The lowest BCUT2D eigenvalue weighted by Gasteiger charge is -2.35. The van der Waals surface area contributed by atoms with E-state index < -0.39 is 0 Å². The fourth-order valence-corrected chi connectivity index (χ4v) is 3.14. The van der Waals surface area contributed by atoms with E-state index in [4.69, 9.17) is 9.15 Å². The van der Waals surface area contributed by atoms with E-state index in [1.807, 2.05) is 18.7 Å². The molecule has 1 aliphatic rings. The van der Waals surface area contributed by atoms with Crippen molar-refractivity contribution in [2.45, 2.75) is 45.8 Å². The van der Waals surface area contributed by atoms with Crippen LogP contribution in [0.2, 0.25) is 0 Å². The predicted molar refractivity (Wildman–Crippen MR) is 85.9 cm³/mol. The second-order valence-electron chi connectivity index (χ2n) is 6.18. The lowest BCUT2D eigenvalue weighted by Crippen LogP contribution is -2.48. The van der Waals surface area contributed by atoms with Crippen molar-refractivity contribution in [3.63, 3.8) is 0 Å². The molecule has 1 amide bonds. The molecule has 2 aromatic rings. The minimum Gasteiger partial charge on any atom is -0.464 e. The molecule has 4 heteroatoms. The van der Waals surface area contributed by atoms with Crippen molar-refractivity contribution in [2.24, 2.45) is 0 Å². The molecule has 0 saturated carbocycles. The van der Waals surface area contributed by atoms with Gasteiger partial charge in [-0.3, -0.25) is 4.79 Å². The molecule has 2 unspecified atom stereocenters. The normalized spacial score (nSPS) is 22.2. The average Bonchev–Trinajstić information content (AvgIpc) is 2.88. The van der Waals surface area contributed by atoms with Crippen LogP contribution in [0, 0.1) is 0 Å². The Bertz CT molecular complexity index is 666. The van der Waals surface area contributed by atoms with Crippen molar-refractivity contribution in [1.29, 1.82) is 0 Å². The number of amides is 1. The highest BCUT2D eigenvalue weighted by Gasteiger charge is 2.26. The number of nitrogens with zero attached hydrogens (tertiary/aromatic N) is 1. The van der Waals surface area contributed by atoms with Crippen molar-refractivity contribution in [3.05, 3.63) is 35.6 Å². The number of hydrogen-bond donors (Lipinski definition) is 0. The number of hydrogen-bond acceptors (Lipinski definition) is 3. The van der Waals surface area contributed by atoms with E-state index in [1.165, 1.54) is 5.56 Å². The lowest BCUT2D eigenvalue weighted by atomic mass is 10.1. The molecule has 22 heavy (non-hydrogen) atoms. The van der Waals surface area contributed by atoms with E-state index >= 15 is 0 Å². The number of furan rings is 1. The summed E-state index contributed by atoms with van der Waals surface area (Å²) in [6.07, 6.45) is 3.28. The molecule has 0 N–H and O–H groups in total. The summed E-state index contributed by atoms with van der Waals surface area (Å²) in [6, 6.07) is 6.22. The van der Waals surface area contributed by atoms with Gasteiger partial charge in [0, 0.05) is 24.0 Å². The first kappa shape index (κ1) is 15.1. The van der Waals surface area contributed by atoms with Gasteiger partial charge in [-0.1, -0.05) is 19.1 Å². The zero-order chi connectivity index (χ0) is 15.7. The van der Waals surface area contributed by atoms with Gasteiger partial charge in [-0.2, -0.15) is 0 Å². The summed E-state index contributed by atoms with van der Waals surface area (Å²) in [5, 5.41) is 1.04. The topological polar surface area (TPSA) is 42.7 Å². The molecule has 0 radical (unpaired) electrons. The van der Waals surface area contributed by atoms with E-state index in [0.717, 1.165) is 23.0 Å². The Hall–Kier alpha value is -1.81. The summed E-state index contributed by atoms with van der Waals surface area (Å²) in [7, 11) is 0. The van der Waals surface area contributed by atoms with Crippen LogP contribution < -0.4 is 0 Å². The Morgan fingerprint density at radius 2 is 2.00 bits per heavy atom. The molecule has 1 aromatic carbocycles. The molecule has 0 bridgehead atoms. The number of carbonyl (C=O) groups excluding carboxylic acids is 1. The van der Waals surface area contributed by atoms with Crippen LogP contribution in [0.4, 0.5) is 0 Å². The molecule has 1 aliphatic heterocycles. The third kappa shape index (κ3) is 3.02. The Balaban J connectivity index is 1.76. The zero-order valence-corrected chi connectivity index (χ0v) is 13.5. The van der Waals surface area contributed by atoms with Gasteiger partial charge in [-0.05, 0) is 31.9 Å². The maximum absolute atomic E-state index is 12.6. The van der Waals surface area contributed by atoms with Crippen LogP contribution in [0.25, 0.3) is 11.0 Å². The number of aryl methyl sites for hydroxylation is 1. The maximum atomic E-state index is 12.6. The van der Waals surface area contributed by atoms with Crippen molar-refractivity contribution >= 4 is 16.9 Å². The minimum absolute atomic E-state index is 0.0981.